The summed E-state index contributed by atoms with van der Waals surface area (Å²) in [5, 5.41) is 0. The summed E-state index contributed by atoms with van der Waals surface area (Å²) in [6, 6.07) is 4.68. The quantitative estimate of drug-likeness (QED) is 0.339. The molecule has 0 atom stereocenters. The molecule has 172 valence electrons. The van der Waals surface area contributed by atoms with Crippen LogP contribution in [0.1, 0.15) is 56.6 Å². The number of hydrogen-bond donors (Lipinski definition) is 0. The third kappa shape index (κ3) is 4.59. The van der Waals surface area contributed by atoms with E-state index in [1.807, 2.05) is 0 Å². The molecular formula is C26H29F3O3. The summed E-state index contributed by atoms with van der Waals surface area (Å²) in [4.78, 5) is 0. The predicted octanol–water partition coefficient (Wildman–Crippen LogP) is 7.35. The number of ether oxygens (including phenoxy) is 3. The molecule has 1 fully saturated rings. The molecule has 2 aromatic carbocycles. The van der Waals surface area contributed by atoms with Gasteiger partial charge in [0.1, 0.15) is 6.61 Å². The van der Waals surface area contributed by atoms with Crippen molar-refractivity contribution in [3.05, 3.63) is 59.4 Å². The van der Waals surface area contributed by atoms with Crippen LogP contribution in [0.2, 0.25) is 0 Å². The zero-order valence-corrected chi connectivity index (χ0v) is 18.4. The largest absolute Gasteiger partial charge is 0.490 e. The smallest absolute Gasteiger partial charge is 0.207 e. The predicted molar refractivity (Wildman–Crippen MR) is 117 cm³/mol. The molecule has 0 saturated heterocycles. The molecule has 0 radical (unpaired) electrons. The van der Waals surface area contributed by atoms with Gasteiger partial charge in [0.05, 0.1) is 6.61 Å². The molecule has 1 aliphatic carbocycles. The van der Waals surface area contributed by atoms with Gasteiger partial charge in [-0.3, -0.25) is 0 Å². The second-order valence-electron chi connectivity index (χ2n) is 8.72. The van der Waals surface area contributed by atoms with E-state index in [1.54, 1.807) is 12.1 Å². The molecule has 6 heteroatoms. The summed E-state index contributed by atoms with van der Waals surface area (Å²) in [7, 11) is 0. The van der Waals surface area contributed by atoms with Gasteiger partial charge in [-0.1, -0.05) is 51.3 Å². The lowest BCUT2D eigenvalue weighted by atomic mass is 9.80. The average molecular weight is 447 g/mol. The highest BCUT2D eigenvalue weighted by Gasteiger charge is 2.29. The van der Waals surface area contributed by atoms with Crippen LogP contribution in [-0.2, 0) is 6.42 Å². The van der Waals surface area contributed by atoms with Gasteiger partial charge in [0.15, 0.2) is 23.0 Å². The maximum Gasteiger partial charge on any atom is 0.207 e. The molecular weight excluding hydrogens is 417 g/mol. The number of rotatable bonds is 8. The third-order valence-corrected chi connectivity index (χ3v) is 6.43. The van der Waals surface area contributed by atoms with Crippen LogP contribution in [0.3, 0.4) is 0 Å². The molecule has 2 aromatic rings. The highest BCUT2D eigenvalue weighted by Crippen LogP contribution is 2.45. The zero-order chi connectivity index (χ0) is 22.7. The number of hydrogen-bond acceptors (Lipinski definition) is 3. The van der Waals surface area contributed by atoms with Crippen molar-refractivity contribution in [2.24, 2.45) is 11.8 Å². The fraction of sp³-hybridized carbons (Fsp3) is 0.462. The molecule has 0 spiro atoms. The van der Waals surface area contributed by atoms with E-state index < -0.39 is 17.5 Å². The van der Waals surface area contributed by atoms with Crippen molar-refractivity contribution in [2.45, 2.75) is 51.9 Å². The normalized spacial score (nSPS) is 19.5. The van der Waals surface area contributed by atoms with Gasteiger partial charge in [-0.25, -0.2) is 0 Å². The van der Waals surface area contributed by atoms with Crippen molar-refractivity contribution in [1.29, 1.82) is 0 Å². The van der Waals surface area contributed by atoms with Crippen molar-refractivity contribution in [3.8, 4) is 23.0 Å². The van der Waals surface area contributed by atoms with E-state index in [2.05, 4.69) is 13.5 Å². The van der Waals surface area contributed by atoms with Crippen molar-refractivity contribution in [2.75, 3.05) is 13.2 Å². The number of halogens is 3. The average Bonchev–Trinajstić information content (AvgIpc) is 2.80. The molecule has 0 bridgehead atoms. The van der Waals surface area contributed by atoms with Gasteiger partial charge in [0.2, 0.25) is 17.5 Å². The standard InChI is InChI=1S/C26H29F3O3/c1-3-5-16-6-8-17(9-7-16)15-31-20-11-10-18-13-19-14-21(30-12-4-2)22(27)24(29)26(19)32-25(18)23(20)28/h4,10-11,14,16-17H,2-3,5-9,12-13,15H2,1H3. The minimum Gasteiger partial charge on any atom is -0.490 e. The Morgan fingerprint density at radius 3 is 2.38 bits per heavy atom. The third-order valence-electron chi connectivity index (χ3n) is 6.43. The second-order valence-corrected chi connectivity index (χ2v) is 8.72. The summed E-state index contributed by atoms with van der Waals surface area (Å²) in [6.07, 6.45) is 8.67. The van der Waals surface area contributed by atoms with Gasteiger partial charge in [-0.2, -0.15) is 13.2 Å². The van der Waals surface area contributed by atoms with Gasteiger partial charge in [0.25, 0.3) is 0 Å². The van der Waals surface area contributed by atoms with Crippen LogP contribution in [0.25, 0.3) is 0 Å². The number of benzene rings is 2. The Morgan fingerprint density at radius 1 is 0.938 bits per heavy atom. The van der Waals surface area contributed by atoms with Gasteiger partial charge in [0, 0.05) is 17.5 Å². The highest BCUT2D eigenvalue weighted by molar-refractivity contribution is 5.55. The van der Waals surface area contributed by atoms with Crippen molar-refractivity contribution >= 4 is 0 Å². The molecule has 3 nitrogen and oxygen atoms in total. The lowest BCUT2D eigenvalue weighted by Crippen LogP contribution is -2.20. The molecule has 0 unspecified atom stereocenters. The lowest BCUT2D eigenvalue weighted by molar-refractivity contribution is 0.173. The van der Waals surface area contributed by atoms with Crippen LogP contribution in [0, 0.1) is 29.3 Å². The monoisotopic (exact) mass is 446 g/mol. The lowest BCUT2D eigenvalue weighted by Gasteiger charge is -2.28. The summed E-state index contributed by atoms with van der Waals surface area (Å²) in [6.45, 7) is 6.20. The fourth-order valence-electron chi connectivity index (χ4n) is 4.68. The Bertz CT molecular complexity index is 981. The molecule has 1 aliphatic heterocycles. The topological polar surface area (TPSA) is 27.7 Å². The first-order valence-corrected chi connectivity index (χ1v) is 11.4. The van der Waals surface area contributed by atoms with Gasteiger partial charge in [-0.05, 0) is 36.8 Å². The van der Waals surface area contributed by atoms with E-state index >= 15 is 4.39 Å². The maximum atomic E-state index is 15.1. The Labute approximate surface area is 187 Å². The Hall–Kier alpha value is -2.63. The minimum atomic E-state index is -1.19. The van der Waals surface area contributed by atoms with Gasteiger partial charge >= 0.3 is 0 Å². The highest BCUT2D eigenvalue weighted by atomic mass is 19.2. The van der Waals surface area contributed by atoms with Crippen molar-refractivity contribution in [3.63, 3.8) is 0 Å². The summed E-state index contributed by atoms with van der Waals surface area (Å²) >= 11 is 0. The van der Waals surface area contributed by atoms with Crippen LogP contribution in [0.15, 0.2) is 30.9 Å². The summed E-state index contributed by atoms with van der Waals surface area (Å²) < 4.78 is 60.6. The molecule has 0 N–H and O–H groups in total. The fourth-order valence-corrected chi connectivity index (χ4v) is 4.68. The molecule has 4 rings (SSSR count). The van der Waals surface area contributed by atoms with Crippen LogP contribution in [0.5, 0.6) is 23.0 Å². The van der Waals surface area contributed by atoms with Crippen LogP contribution >= 0.6 is 0 Å². The van der Waals surface area contributed by atoms with E-state index in [9.17, 15) is 8.78 Å². The van der Waals surface area contributed by atoms with Crippen molar-refractivity contribution in [1.82, 2.24) is 0 Å². The van der Waals surface area contributed by atoms with E-state index in [-0.39, 0.29) is 36.0 Å². The maximum absolute atomic E-state index is 15.1. The first-order chi connectivity index (χ1) is 15.5. The SMILES string of the molecule is C=CCOc1cc2c(c(F)c1F)Oc1c(ccc(OCC3CCC(CCC)CC3)c1F)C2. The molecule has 0 aromatic heterocycles. The second kappa shape index (κ2) is 9.88. The van der Waals surface area contributed by atoms with Gasteiger partial charge < -0.3 is 14.2 Å². The van der Waals surface area contributed by atoms with E-state index in [0.717, 1.165) is 18.8 Å². The van der Waals surface area contributed by atoms with E-state index in [0.29, 0.717) is 23.7 Å². The molecule has 32 heavy (non-hydrogen) atoms. The molecule has 2 aliphatic rings. The summed E-state index contributed by atoms with van der Waals surface area (Å²) in [5.41, 5.74) is 0.940. The Balaban J connectivity index is 1.47. The van der Waals surface area contributed by atoms with Crippen LogP contribution in [-0.4, -0.2) is 13.2 Å². The summed E-state index contributed by atoms with van der Waals surface area (Å²) in [5.74, 6) is -2.41. The Kier molecular flexibility index (Phi) is 6.97. The van der Waals surface area contributed by atoms with E-state index in [1.165, 1.54) is 37.8 Å². The minimum absolute atomic E-state index is 0.0438. The first-order valence-electron chi connectivity index (χ1n) is 11.4. The van der Waals surface area contributed by atoms with Crippen LogP contribution < -0.4 is 14.2 Å². The molecule has 1 saturated carbocycles. The van der Waals surface area contributed by atoms with E-state index in [4.69, 9.17) is 14.2 Å². The zero-order valence-electron chi connectivity index (χ0n) is 18.4. The molecule has 0 amide bonds. The first kappa shape index (κ1) is 22.6. The molecule has 1 heterocycles. The number of fused-ring (bicyclic) bond motifs is 2. The van der Waals surface area contributed by atoms with Crippen molar-refractivity contribution < 1.29 is 27.4 Å². The Morgan fingerprint density at radius 2 is 1.66 bits per heavy atom. The van der Waals surface area contributed by atoms with Crippen LogP contribution in [0.4, 0.5) is 13.2 Å². The van der Waals surface area contributed by atoms with Gasteiger partial charge in [-0.15, -0.1) is 0 Å².